The van der Waals surface area contributed by atoms with Crippen LogP contribution in [0.25, 0.3) is 0 Å². The maximum Gasteiger partial charge on any atom is 0.339 e. The third-order valence-electron chi connectivity index (χ3n) is 3.67. The molecule has 2 atom stereocenters. The van der Waals surface area contributed by atoms with Crippen molar-refractivity contribution in [2.75, 3.05) is 13.1 Å². The van der Waals surface area contributed by atoms with Crippen LogP contribution in [0.5, 0.6) is 5.75 Å². The maximum absolute atomic E-state index is 12.6. The summed E-state index contributed by atoms with van der Waals surface area (Å²) in [5.41, 5.74) is -0.408. The largest absolute Gasteiger partial charge is 0.507 e. The topological polar surface area (TPSA) is 94.9 Å². The minimum Gasteiger partial charge on any atom is -0.507 e. The van der Waals surface area contributed by atoms with Crippen molar-refractivity contribution in [3.05, 3.63) is 23.8 Å². The molecule has 7 heteroatoms. The zero-order valence-electron chi connectivity index (χ0n) is 12.0. The number of piperidine rings is 1. The van der Waals surface area contributed by atoms with Crippen molar-refractivity contribution in [2.45, 2.75) is 25.2 Å². The molecule has 1 heterocycles. The van der Waals surface area contributed by atoms with Gasteiger partial charge >= 0.3 is 5.97 Å². The molecule has 0 aliphatic carbocycles. The third kappa shape index (κ3) is 3.19. The molecule has 1 fully saturated rings. The molecule has 116 valence electrons. The molecule has 1 aromatic carbocycles. The van der Waals surface area contributed by atoms with Crippen LogP contribution in [0, 0.1) is 11.8 Å². The average Bonchev–Trinajstić information content (AvgIpc) is 2.37. The lowest BCUT2D eigenvalue weighted by Crippen LogP contribution is -2.42. The van der Waals surface area contributed by atoms with Crippen LogP contribution in [0.1, 0.15) is 30.6 Å². The quantitative estimate of drug-likeness (QED) is 0.886. The summed E-state index contributed by atoms with van der Waals surface area (Å²) in [5.74, 6) is -1.27. The number of rotatable bonds is 3. The van der Waals surface area contributed by atoms with E-state index in [0.717, 1.165) is 18.6 Å². The van der Waals surface area contributed by atoms with Crippen LogP contribution in [0.15, 0.2) is 23.1 Å². The van der Waals surface area contributed by atoms with Crippen LogP contribution >= 0.6 is 0 Å². The first kappa shape index (κ1) is 15.8. The van der Waals surface area contributed by atoms with Crippen LogP contribution in [0.4, 0.5) is 0 Å². The van der Waals surface area contributed by atoms with E-state index in [1.54, 1.807) is 0 Å². The van der Waals surface area contributed by atoms with Crippen molar-refractivity contribution >= 4 is 16.0 Å². The summed E-state index contributed by atoms with van der Waals surface area (Å²) >= 11 is 0. The Bertz CT molecular complexity index is 645. The van der Waals surface area contributed by atoms with E-state index in [-0.39, 0.29) is 16.7 Å². The predicted octanol–water partition coefficient (Wildman–Crippen LogP) is 1.76. The van der Waals surface area contributed by atoms with Crippen LogP contribution in [-0.2, 0) is 10.0 Å². The maximum atomic E-state index is 12.6. The van der Waals surface area contributed by atoms with Crippen LogP contribution < -0.4 is 0 Å². The van der Waals surface area contributed by atoms with Crippen LogP contribution in [0.2, 0.25) is 0 Å². The molecule has 1 aromatic rings. The van der Waals surface area contributed by atoms with E-state index in [1.807, 2.05) is 13.8 Å². The Kier molecular flexibility index (Phi) is 4.25. The number of hydrogen-bond donors (Lipinski definition) is 2. The minimum atomic E-state index is -3.74. The van der Waals surface area contributed by atoms with Gasteiger partial charge in [-0.2, -0.15) is 4.31 Å². The number of carboxylic acids is 1. The second-order valence-electron chi connectivity index (χ2n) is 5.75. The van der Waals surface area contributed by atoms with E-state index in [2.05, 4.69) is 0 Å². The van der Waals surface area contributed by atoms with Gasteiger partial charge in [0.2, 0.25) is 10.0 Å². The van der Waals surface area contributed by atoms with E-state index in [0.29, 0.717) is 13.1 Å². The van der Waals surface area contributed by atoms with Gasteiger partial charge in [-0.15, -0.1) is 0 Å². The molecule has 0 radical (unpaired) electrons. The molecular weight excluding hydrogens is 294 g/mol. The molecular formula is C14H19NO5S. The van der Waals surface area contributed by atoms with Crippen molar-refractivity contribution in [1.29, 1.82) is 0 Å². The summed E-state index contributed by atoms with van der Waals surface area (Å²) in [4.78, 5) is 10.9. The molecule has 2 N–H and O–H groups in total. The second kappa shape index (κ2) is 5.65. The number of benzene rings is 1. The van der Waals surface area contributed by atoms with Gasteiger partial charge < -0.3 is 10.2 Å². The van der Waals surface area contributed by atoms with Gasteiger partial charge in [-0.1, -0.05) is 13.8 Å². The van der Waals surface area contributed by atoms with Crippen molar-refractivity contribution in [3.63, 3.8) is 0 Å². The van der Waals surface area contributed by atoms with Gasteiger partial charge in [0.25, 0.3) is 0 Å². The van der Waals surface area contributed by atoms with Gasteiger partial charge in [-0.05, 0) is 36.5 Å². The second-order valence-corrected chi connectivity index (χ2v) is 7.69. The fraction of sp³-hybridized carbons (Fsp3) is 0.500. The van der Waals surface area contributed by atoms with E-state index in [9.17, 15) is 18.3 Å². The predicted molar refractivity (Wildman–Crippen MR) is 76.8 cm³/mol. The summed E-state index contributed by atoms with van der Waals surface area (Å²) in [6, 6.07) is 3.35. The number of nitrogens with zero attached hydrogens (tertiary/aromatic N) is 1. The smallest absolute Gasteiger partial charge is 0.339 e. The highest BCUT2D eigenvalue weighted by Crippen LogP contribution is 2.28. The van der Waals surface area contributed by atoms with E-state index < -0.39 is 27.3 Å². The molecule has 0 spiro atoms. The Morgan fingerprint density at radius 1 is 1.24 bits per heavy atom. The Morgan fingerprint density at radius 3 is 2.33 bits per heavy atom. The Hall–Kier alpha value is -1.60. The minimum absolute atomic E-state index is 0.0981. The fourth-order valence-electron chi connectivity index (χ4n) is 2.80. The Morgan fingerprint density at radius 2 is 1.81 bits per heavy atom. The van der Waals surface area contributed by atoms with E-state index in [4.69, 9.17) is 5.11 Å². The molecule has 0 bridgehead atoms. The molecule has 1 aliphatic heterocycles. The summed E-state index contributed by atoms with van der Waals surface area (Å²) in [6.07, 6.45) is 0.974. The number of carbonyl (C=O) groups is 1. The summed E-state index contributed by atoms with van der Waals surface area (Å²) in [5, 5.41) is 18.5. The highest BCUT2D eigenvalue weighted by molar-refractivity contribution is 7.89. The molecule has 1 saturated heterocycles. The number of aromatic hydroxyl groups is 1. The van der Waals surface area contributed by atoms with Gasteiger partial charge in [0.1, 0.15) is 11.3 Å². The van der Waals surface area contributed by atoms with Crippen molar-refractivity contribution in [1.82, 2.24) is 4.31 Å². The molecule has 1 aliphatic rings. The average molecular weight is 313 g/mol. The molecule has 21 heavy (non-hydrogen) atoms. The number of phenols is 1. The zero-order chi connectivity index (χ0) is 15.8. The normalized spacial score (nSPS) is 23.9. The molecule has 6 nitrogen and oxygen atoms in total. The van der Waals surface area contributed by atoms with E-state index in [1.165, 1.54) is 10.4 Å². The van der Waals surface area contributed by atoms with E-state index >= 15 is 0 Å². The third-order valence-corrected chi connectivity index (χ3v) is 5.50. The zero-order valence-corrected chi connectivity index (χ0v) is 12.8. The highest BCUT2D eigenvalue weighted by atomic mass is 32.2. The monoisotopic (exact) mass is 313 g/mol. The molecule has 2 rings (SSSR count). The number of hydrogen-bond acceptors (Lipinski definition) is 4. The molecule has 0 saturated carbocycles. The molecule has 0 amide bonds. The Labute approximate surface area is 124 Å². The summed E-state index contributed by atoms with van der Waals surface area (Å²) in [6.45, 7) is 4.85. The van der Waals surface area contributed by atoms with Gasteiger partial charge in [0, 0.05) is 13.1 Å². The van der Waals surface area contributed by atoms with Crippen LogP contribution in [-0.4, -0.2) is 42.0 Å². The van der Waals surface area contributed by atoms with Crippen LogP contribution in [0.3, 0.4) is 0 Å². The fourth-order valence-corrected chi connectivity index (χ4v) is 4.50. The van der Waals surface area contributed by atoms with Gasteiger partial charge in [0.05, 0.1) is 4.90 Å². The first-order valence-corrected chi connectivity index (χ1v) is 8.22. The first-order valence-electron chi connectivity index (χ1n) is 6.78. The lowest BCUT2D eigenvalue weighted by atomic mass is 9.94. The summed E-state index contributed by atoms with van der Waals surface area (Å²) in [7, 11) is -3.74. The van der Waals surface area contributed by atoms with Gasteiger partial charge in [-0.25, -0.2) is 13.2 Å². The first-order chi connectivity index (χ1) is 9.71. The van der Waals surface area contributed by atoms with Crippen molar-refractivity contribution in [3.8, 4) is 5.75 Å². The molecule has 2 unspecified atom stereocenters. The highest BCUT2D eigenvalue weighted by Gasteiger charge is 2.32. The van der Waals surface area contributed by atoms with Crippen molar-refractivity contribution < 1.29 is 23.4 Å². The number of aromatic carboxylic acids is 1. The van der Waals surface area contributed by atoms with Crippen molar-refractivity contribution in [2.24, 2.45) is 11.8 Å². The lowest BCUT2D eigenvalue weighted by Gasteiger charge is -2.34. The van der Waals surface area contributed by atoms with Gasteiger partial charge in [-0.3, -0.25) is 0 Å². The number of sulfonamides is 1. The van der Waals surface area contributed by atoms with Gasteiger partial charge in [0.15, 0.2) is 0 Å². The molecule has 0 aromatic heterocycles. The summed E-state index contributed by atoms with van der Waals surface area (Å²) < 4.78 is 26.6. The lowest BCUT2D eigenvalue weighted by molar-refractivity contribution is 0.0693. The standard InChI is InChI=1S/C14H19NO5S/c1-9-5-10(2)8-15(7-9)21(19,20)11-3-4-13(16)12(6-11)14(17)18/h3-4,6,9-10,16H,5,7-8H2,1-2H3,(H,17,18). The Balaban J connectivity index is 2.40. The SMILES string of the molecule is CC1CC(C)CN(S(=O)(=O)c2ccc(O)c(C(=O)O)c2)C1. The number of carboxylic acid groups (broad SMARTS) is 1.